The van der Waals surface area contributed by atoms with Crippen LogP contribution in [0.4, 0.5) is 11.4 Å². The number of hydrazone groups is 1. The van der Waals surface area contributed by atoms with Crippen molar-refractivity contribution in [1.29, 1.82) is 0 Å². The Hall–Kier alpha value is -5.78. The number of non-ortho nitro benzene ring substituents is 1. The molecule has 1 N–H and O–H groups in total. The molecule has 0 heterocycles. The van der Waals surface area contributed by atoms with Crippen LogP contribution in [-0.4, -0.2) is 29.1 Å². The summed E-state index contributed by atoms with van der Waals surface area (Å²) in [6.45, 7) is 0.341. The highest BCUT2D eigenvalue weighted by Crippen LogP contribution is 2.34. The molecule has 0 aliphatic carbocycles. The standard InChI is InChI=1S/C28H22N4O8/c1-38-27-15-21(10-12-26(27)39-18-19-6-3-2-4-7-19)28(33)30-29-17-20-8-5-9-23(14-20)40-25-13-11-22(31(34)35)16-24(25)32(36)37/h2-17H,18H2,1H3,(H,30,33)/b29-17+. The summed E-state index contributed by atoms with van der Waals surface area (Å²) < 4.78 is 16.8. The molecule has 4 aromatic carbocycles. The molecule has 0 bridgehead atoms. The minimum Gasteiger partial charge on any atom is -0.493 e. The first-order valence-corrected chi connectivity index (χ1v) is 11.7. The number of nitro benzene ring substituents is 2. The lowest BCUT2D eigenvalue weighted by atomic mass is 10.2. The molecule has 1 amide bonds. The highest BCUT2D eigenvalue weighted by molar-refractivity contribution is 5.95. The van der Waals surface area contributed by atoms with E-state index < -0.39 is 27.1 Å². The first-order chi connectivity index (χ1) is 19.3. The molecule has 0 saturated heterocycles. The number of amides is 1. The van der Waals surface area contributed by atoms with Gasteiger partial charge in [0.05, 0.1) is 29.2 Å². The average Bonchev–Trinajstić information content (AvgIpc) is 2.96. The molecule has 0 saturated carbocycles. The molecule has 12 heteroatoms. The van der Waals surface area contributed by atoms with Gasteiger partial charge in [0.25, 0.3) is 11.6 Å². The van der Waals surface area contributed by atoms with Crippen LogP contribution in [0.2, 0.25) is 0 Å². The number of benzene rings is 4. The van der Waals surface area contributed by atoms with Crippen LogP contribution in [0.5, 0.6) is 23.0 Å². The van der Waals surface area contributed by atoms with E-state index in [1.807, 2.05) is 30.3 Å². The smallest absolute Gasteiger partial charge is 0.318 e. The van der Waals surface area contributed by atoms with Crippen molar-refractivity contribution in [3.63, 3.8) is 0 Å². The predicted octanol–water partition coefficient (Wildman–Crippen LogP) is 5.65. The Kier molecular flexibility index (Phi) is 8.62. The van der Waals surface area contributed by atoms with Gasteiger partial charge in [-0.25, -0.2) is 5.43 Å². The zero-order valence-corrected chi connectivity index (χ0v) is 21.1. The van der Waals surface area contributed by atoms with Gasteiger partial charge in [0.15, 0.2) is 11.5 Å². The van der Waals surface area contributed by atoms with Gasteiger partial charge in [0.2, 0.25) is 5.75 Å². The fourth-order valence-corrected chi connectivity index (χ4v) is 3.53. The third kappa shape index (κ3) is 6.95. The Labute approximate surface area is 227 Å². The van der Waals surface area contributed by atoms with Crippen molar-refractivity contribution >= 4 is 23.5 Å². The second-order valence-corrected chi connectivity index (χ2v) is 8.18. The Morgan fingerprint density at radius 3 is 2.38 bits per heavy atom. The molecule has 0 unspecified atom stereocenters. The summed E-state index contributed by atoms with van der Waals surface area (Å²) in [6, 6.07) is 23.9. The van der Waals surface area contributed by atoms with Gasteiger partial charge in [-0.15, -0.1) is 0 Å². The molecule has 0 aliphatic rings. The molecule has 0 atom stereocenters. The molecule has 40 heavy (non-hydrogen) atoms. The Bertz CT molecular complexity index is 1570. The van der Waals surface area contributed by atoms with E-state index in [1.54, 1.807) is 30.3 Å². The Morgan fingerprint density at radius 2 is 1.65 bits per heavy atom. The van der Waals surface area contributed by atoms with E-state index in [-0.39, 0.29) is 11.5 Å². The largest absolute Gasteiger partial charge is 0.493 e. The van der Waals surface area contributed by atoms with Gasteiger partial charge >= 0.3 is 5.69 Å². The summed E-state index contributed by atoms with van der Waals surface area (Å²) in [5, 5.41) is 26.3. The van der Waals surface area contributed by atoms with Gasteiger partial charge in [-0.05, 0) is 47.5 Å². The van der Waals surface area contributed by atoms with Crippen molar-refractivity contribution in [3.05, 3.63) is 128 Å². The molecule has 4 aromatic rings. The molecule has 202 valence electrons. The number of nitro groups is 2. The summed E-state index contributed by atoms with van der Waals surface area (Å²) in [5.74, 6) is 0.443. The Balaban J connectivity index is 1.40. The first-order valence-electron chi connectivity index (χ1n) is 11.7. The van der Waals surface area contributed by atoms with E-state index in [0.717, 1.165) is 23.8 Å². The Morgan fingerprint density at radius 1 is 0.875 bits per heavy atom. The van der Waals surface area contributed by atoms with Gasteiger partial charge in [-0.1, -0.05) is 42.5 Å². The summed E-state index contributed by atoms with van der Waals surface area (Å²) in [7, 11) is 1.48. The number of carbonyl (C=O) groups excluding carboxylic acids is 1. The van der Waals surface area contributed by atoms with Crippen molar-refractivity contribution in [2.75, 3.05) is 7.11 Å². The van der Waals surface area contributed by atoms with Crippen LogP contribution < -0.4 is 19.6 Å². The number of nitrogens with one attached hydrogen (secondary N) is 1. The lowest BCUT2D eigenvalue weighted by molar-refractivity contribution is -0.394. The summed E-state index contributed by atoms with van der Waals surface area (Å²) in [6.07, 6.45) is 1.36. The zero-order chi connectivity index (χ0) is 28.5. The normalized spacial score (nSPS) is 10.6. The number of hydrogen-bond acceptors (Lipinski definition) is 9. The highest BCUT2D eigenvalue weighted by atomic mass is 16.6. The third-order valence-electron chi connectivity index (χ3n) is 5.48. The number of carbonyl (C=O) groups is 1. The second kappa shape index (κ2) is 12.6. The van der Waals surface area contributed by atoms with Crippen LogP contribution in [0.1, 0.15) is 21.5 Å². The second-order valence-electron chi connectivity index (χ2n) is 8.18. The summed E-state index contributed by atoms with van der Waals surface area (Å²) in [4.78, 5) is 33.4. The number of hydrogen-bond donors (Lipinski definition) is 1. The van der Waals surface area contributed by atoms with Gasteiger partial charge in [-0.2, -0.15) is 5.10 Å². The van der Waals surface area contributed by atoms with E-state index in [4.69, 9.17) is 14.2 Å². The average molecular weight is 543 g/mol. The van der Waals surface area contributed by atoms with Crippen LogP contribution >= 0.6 is 0 Å². The minimum atomic E-state index is -0.764. The van der Waals surface area contributed by atoms with Crippen molar-refractivity contribution in [2.45, 2.75) is 6.61 Å². The third-order valence-corrected chi connectivity index (χ3v) is 5.48. The van der Waals surface area contributed by atoms with Gasteiger partial charge in [-0.3, -0.25) is 25.0 Å². The predicted molar refractivity (Wildman–Crippen MR) is 145 cm³/mol. The number of rotatable bonds is 11. The lowest BCUT2D eigenvalue weighted by Gasteiger charge is -2.12. The van der Waals surface area contributed by atoms with Crippen LogP contribution in [0.15, 0.2) is 96.1 Å². The summed E-state index contributed by atoms with van der Waals surface area (Å²) >= 11 is 0. The SMILES string of the molecule is COc1cc(C(=O)N/N=C/c2cccc(Oc3ccc([N+](=O)[O-])cc3[N+](=O)[O-])c2)ccc1OCc1ccccc1. The molecule has 12 nitrogen and oxygen atoms in total. The molecule has 0 fully saturated rings. The monoisotopic (exact) mass is 542 g/mol. The van der Waals surface area contributed by atoms with Crippen molar-refractivity contribution in [2.24, 2.45) is 5.10 Å². The van der Waals surface area contributed by atoms with Gasteiger partial charge in [0, 0.05) is 11.6 Å². The highest BCUT2D eigenvalue weighted by Gasteiger charge is 2.21. The molecule has 0 aliphatic heterocycles. The van der Waals surface area contributed by atoms with Crippen molar-refractivity contribution in [3.8, 4) is 23.0 Å². The van der Waals surface area contributed by atoms with E-state index in [0.29, 0.717) is 29.2 Å². The van der Waals surface area contributed by atoms with E-state index in [2.05, 4.69) is 10.5 Å². The molecule has 0 aromatic heterocycles. The van der Waals surface area contributed by atoms with Crippen LogP contribution in [0.25, 0.3) is 0 Å². The molecule has 0 spiro atoms. The minimum absolute atomic E-state index is 0.164. The lowest BCUT2D eigenvalue weighted by Crippen LogP contribution is -2.17. The van der Waals surface area contributed by atoms with Crippen LogP contribution in [-0.2, 0) is 6.61 Å². The fraction of sp³-hybridized carbons (Fsp3) is 0.0714. The number of nitrogens with zero attached hydrogens (tertiary/aromatic N) is 3. The molecule has 0 radical (unpaired) electrons. The van der Waals surface area contributed by atoms with Crippen LogP contribution in [0.3, 0.4) is 0 Å². The van der Waals surface area contributed by atoms with E-state index in [1.165, 1.54) is 25.5 Å². The first kappa shape index (κ1) is 27.3. The summed E-state index contributed by atoms with van der Waals surface area (Å²) in [5.41, 5.74) is 3.25. The van der Waals surface area contributed by atoms with Crippen LogP contribution in [0, 0.1) is 20.2 Å². The van der Waals surface area contributed by atoms with Crippen molar-refractivity contribution < 1.29 is 28.9 Å². The molecule has 4 rings (SSSR count). The quantitative estimate of drug-likeness (QED) is 0.145. The van der Waals surface area contributed by atoms with Crippen molar-refractivity contribution in [1.82, 2.24) is 5.43 Å². The zero-order valence-electron chi connectivity index (χ0n) is 21.1. The van der Waals surface area contributed by atoms with Gasteiger partial charge in [0.1, 0.15) is 12.4 Å². The van der Waals surface area contributed by atoms with Gasteiger partial charge < -0.3 is 14.2 Å². The topological polar surface area (TPSA) is 155 Å². The van der Waals surface area contributed by atoms with E-state index in [9.17, 15) is 25.0 Å². The van der Waals surface area contributed by atoms with E-state index >= 15 is 0 Å². The fourth-order valence-electron chi connectivity index (χ4n) is 3.53. The molecular weight excluding hydrogens is 520 g/mol. The maximum Gasteiger partial charge on any atom is 0.318 e. The maximum atomic E-state index is 12.6. The number of ether oxygens (including phenoxy) is 3. The molecular formula is C28H22N4O8. The number of methoxy groups -OCH3 is 1. The maximum absolute atomic E-state index is 12.6.